The van der Waals surface area contributed by atoms with Crippen molar-refractivity contribution in [3.05, 3.63) is 35.5 Å². The summed E-state index contributed by atoms with van der Waals surface area (Å²) in [6.07, 6.45) is -1.12. The van der Waals surface area contributed by atoms with Crippen molar-refractivity contribution in [2.45, 2.75) is 45.1 Å². The Morgan fingerprint density at radius 3 is 2.23 bits per heavy atom. The number of carbonyl (C=O) groups is 5. The van der Waals surface area contributed by atoms with E-state index < -0.39 is 47.8 Å². The van der Waals surface area contributed by atoms with Gasteiger partial charge in [0.2, 0.25) is 5.91 Å². The summed E-state index contributed by atoms with van der Waals surface area (Å²) in [6, 6.07) is 6.48. The molecule has 1 aliphatic rings. The van der Waals surface area contributed by atoms with Crippen LogP contribution in [0.3, 0.4) is 0 Å². The molecule has 1 aromatic heterocycles. The zero-order valence-electron chi connectivity index (χ0n) is 22.0. The number of nitrogens with two attached hydrogens (primary N) is 1. The maximum absolute atomic E-state index is 13.8. The smallest absolute Gasteiger partial charge is 0.409 e. The first-order chi connectivity index (χ1) is 18.4. The molecule has 0 saturated carbocycles. The third kappa shape index (κ3) is 6.54. The minimum atomic E-state index is -1.78. The number of rotatable bonds is 10. The predicted molar refractivity (Wildman–Crippen MR) is 137 cm³/mol. The molecule has 1 unspecified atom stereocenters. The summed E-state index contributed by atoms with van der Waals surface area (Å²) < 4.78 is 10.8. The van der Waals surface area contributed by atoms with Crippen molar-refractivity contribution in [3.63, 3.8) is 0 Å². The largest absolute Gasteiger partial charge is 0.481 e. The van der Waals surface area contributed by atoms with Gasteiger partial charge in [-0.1, -0.05) is 12.1 Å². The number of ether oxygens (including phenoxy) is 2. The maximum atomic E-state index is 13.8. The summed E-state index contributed by atoms with van der Waals surface area (Å²) >= 11 is 0. The van der Waals surface area contributed by atoms with E-state index in [1.165, 1.54) is 23.6 Å². The Morgan fingerprint density at radius 2 is 1.67 bits per heavy atom. The molecule has 1 aromatic carbocycles. The average molecular weight is 545 g/mol. The number of aromatic nitrogens is 1. The summed E-state index contributed by atoms with van der Waals surface area (Å²) in [5, 5.41) is 19.3. The first-order valence-corrected chi connectivity index (χ1v) is 12.4. The molecule has 13 heteroatoms. The van der Waals surface area contributed by atoms with Crippen LogP contribution in [0.25, 0.3) is 10.9 Å². The molecule has 1 aliphatic heterocycles. The number of hydrogen-bond donors (Lipinski definition) is 3. The maximum Gasteiger partial charge on any atom is 0.409 e. The Labute approximate surface area is 224 Å². The van der Waals surface area contributed by atoms with Crippen LogP contribution in [0.4, 0.5) is 4.79 Å². The number of aliphatic carboxylic acids is 2. The van der Waals surface area contributed by atoms with Gasteiger partial charge in [0.15, 0.2) is 5.60 Å². The van der Waals surface area contributed by atoms with Gasteiger partial charge in [-0.15, -0.1) is 0 Å². The SMILES string of the molecule is CCOC(=O)N1CCN(C(=O)C(CCC(=O)O)c2nc3ccccc3c(OC(C)(C)C(=O)O)c2C(N)=O)CC1. The molecule has 1 saturated heterocycles. The minimum absolute atomic E-state index is 0.100. The van der Waals surface area contributed by atoms with E-state index in [-0.39, 0.29) is 56.2 Å². The number of carboxylic acid groups (broad SMARTS) is 2. The van der Waals surface area contributed by atoms with Gasteiger partial charge >= 0.3 is 18.0 Å². The number of carbonyl (C=O) groups excluding carboxylic acids is 3. The van der Waals surface area contributed by atoms with Gasteiger partial charge in [0.25, 0.3) is 5.91 Å². The molecule has 0 bridgehead atoms. The number of amides is 3. The molecule has 3 rings (SSSR count). The van der Waals surface area contributed by atoms with E-state index in [4.69, 9.17) is 15.2 Å². The lowest BCUT2D eigenvalue weighted by Gasteiger charge is -2.36. The highest BCUT2D eigenvalue weighted by molar-refractivity contribution is 6.04. The molecular weight excluding hydrogens is 512 g/mol. The summed E-state index contributed by atoms with van der Waals surface area (Å²) in [5.41, 5.74) is 3.87. The Morgan fingerprint density at radius 1 is 1.05 bits per heavy atom. The van der Waals surface area contributed by atoms with Gasteiger partial charge in [-0.05, 0) is 39.3 Å². The first kappa shape index (κ1) is 29.1. The lowest BCUT2D eigenvalue weighted by Crippen LogP contribution is -2.52. The lowest BCUT2D eigenvalue weighted by atomic mass is 9.91. The highest BCUT2D eigenvalue weighted by Crippen LogP contribution is 2.38. The third-order valence-electron chi connectivity index (χ3n) is 6.38. The molecule has 13 nitrogen and oxygen atoms in total. The van der Waals surface area contributed by atoms with Gasteiger partial charge in [-0.3, -0.25) is 19.4 Å². The molecule has 0 radical (unpaired) electrons. The Balaban J connectivity index is 2.12. The molecule has 2 heterocycles. The molecule has 1 atom stereocenters. The average Bonchev–Trinajstić information content (AvgIpc) is 2.88. The number of nitrogens with zero attached hydrogens (tertiary/aromatic N) is 3. The van der Waals surface area contributed by atoms with Crippen molar-refractivity contribution in [2.24, 2.45) is 5.73 Å². The molecule has 39 heavy (non-hydrogen) atoms. The Kier molecular flexibility index (Phi) is 8.94. The van der Waals surface area contributed by atoms with Crippen LogP contribution in [0, 0.1) is 0 Å². The van der Waals surface area contributed by atoms with E-state index in [9.17, 15) is 34.2 Å². The molecule has 0 aliphatic carbocycles. The minimum Gasteiger partial charge on any atom is -0.481 e. The Bertz CT molecular complexity index is 1290. The molecule has 4 N–H and O–H groups in total. The summed E-state index contributed by atoms with van der Waals surface area (Å²) in [6.45, 7) is 5.19. The standard InChI is InChI=1S/C26H32N4O9/c1-4-38-25(37)30-13-11-29(12-14-30)23(34)16(9-10-18(31)32)20-19(22(27)33)21(39-26(2,3)24(35)36)15-7-5-6-8-17(15)28-20/h5-8,16H,4,9-14H2,1-3H3,(H2,27,33)(H,31,32)(H,35,36). The fourth-order valence-corrected chi connectivity index (χ4v) is 4.28. The molecule has 0 spiro atoms. The second-order valence-corrected chi connectivity index (χ2v) is 9.50. The van der Waals surface area contributed by atoms with Crippen LogP contribution >= 0.6 is 0 Å². The zero-order valence-corrected chi connectivity index (χ0v) is 22.0. The monoisotopic (exact) mass is 544 g/mol. The first-order valence-electron chi connectivity index (χ1n) is 12.4. The van der Waals surface area contributed by atoms with Crippen LogP contribution in [0.2, 0.25) is 0 Å². The van der Waals surface area contributed by atoms with Crippen LogP contribution in [0.5, 0.6) is 5.75 Å². The normalized spacial score (nSPS) is 14.5. The Hall–Kier alpha value is -4.42. The summed E-state index contributed by atoms with van der Waals surface area (Å²) in [5.74, 6) is -5.36. The quantitative estimate of drug-likeness (QED) is 0.398. The predicted octanol–water partition coefficient (Wildman–Crippen LogP) is 1.82. The third-order valence-corrected chi connectivity index (χ3v) is 6.38. The van der Waals surface area contributed by atoms with Gasteiger partial charge < -0.3 is 35.2 Å². The van der Waals surface area contributed by atoms with Crippen molar-refractivity contribution in [3.8, 4) is 5.75 Å². The van der Waals surface area contributed by atoms with E-state index >= 15 is 0 Å². The van der Waals surface area contributed by atoms with Crippen LogP contribution in [-0.4, -0.2) is 93.2 Å². The fraction of sp³-hybridized carbons (Fsp3) is 0.462. The summed E-state index contributed by atoms with van der Waals surface area (Å²) in [4.78, 5) is 69.5. The molecule has 3 amide bonds. The van der Waals surface area contributed by atoms with E-state index in [1.807, 2.05) is 0 Å². The van der Waals surface area contributed by atoms with Gasteiger partial charge in [0, 0.05) is 38.0 Å². The number of pyridine rings is 1. The highest BCUT2D eigenvalue weighted by atomic mass is 16.6. The number of fused-ring (bicyclic) bond motifs is 1. The second kappa shape index (κ2) is 12.0. The second-order valence-electron chi connectivity index (χ2n) is 9.50. The van der Waals surface area contributed by atoms with Crippen molar-refractivity contribution in [2.75, 3.05) is 32.8 Å². The number of carboxylic acids is 2. The van der Waals surface area contributed by atoms with Crippen LogP contribution in [0.15, 0.2) is 24.3 Å². The van der Waals surface area contributed by atoms with E-state index in [1.54, 1.807) is 31.2 Å². The topological polar surface area (TPSA) is 190 Å². The molecule has 2 aromatic rings. The molecule has 210 valence electrons. The van der Waals surface area contributed by atoms with Crippen LogP contribution in [0.1, 0.15) is 55.6 Å². The van der Waals surface area contributed by atoms with Crippen molar-refractivity contribution >= 4 is 40.7 Å². The van der Waals surface area contributed by atoms with Gasteiger partial charge in [-0.25, -0.2) is 9.59 Å². The zero-order chi connectivity index (χ0) is 28.9. The van der Waals surface area contributed by atoms with Gasteiger partial charge in [0.1, 0.15) is 11.3 Å². The number of para-hydroxylation sites is 1. The number of benzene rings is 1. The van der Waals surface area contributed by atoms with Crippen LogP contribution < -0.4 is 10.5 Å². The van der Waals surface area contributed by atoms with Gasteiger partial charge in [-0.2, -0.15) is 0 Å². The van der Waals surface area contributed by atoms with E-state index in [0.717, 1.165) is 0 Å². The lowest BCUT2D eigenvalue weighted by molar-refractivity contribution is -0.152. The van der Waals surface area contributed by atoms with E-state index in [2.05, 4.69) is 4.98 Å². The van der Waals surface area contributed by atoms with Crippen LogP contribution in [-0.2, 0) is 19.1 Å². The number of hydrogen-bond acceptors (Lipinski definition) is 8. The number of primary amides is 1. The van der Waals surface area contributed by atoms with Crippen molar-refractivity contribution in [1.82, 2.24) is 14.8 Å². The summed E-state index contributed by atoms with van der Waals surface area (Å²) in [7, 11) is 0. The molecule has 1 fully saturated rings. The van der Waals surface area contributed by atoms with Crippen molar-refractivity contribution < 1.29 is 43.7 Å². The van der Waals surface area contributed by atoms with Crippen molar-refractivity contribution in [1.29, 1.82) is 0 Å². The number of piperazine rings is 1. The van der Waals surface area contributed by atoms with E-state index in [0.29, 0.717) is 10.9 Å². The fourth-order valence-electron chi connectivity index (χ4n) is 4.28. The van der Waals surface area contributed by atoms with Gasteiger partial charge in [0.05, 0.1) is 23.7 Å². The highest BCUT2D eigenvalue weighted by Gasteiger charge is 2.38. The molecular formula is C26H32N4O9.